The van der Waals surface area contributed by atoms with Crippen molar-refractivity contribution in [2.24, 2.45) is 0 Å². The number of piperidine rings is 1. The Balaban J connectivity index is 1.57. The summed E-state index contributed by atoms with van der Waals surface area (Å²) in [5.41, 5.74) is 0. The molecular weight excluding hydrogens is 228 g/mol. The van der Waals surface area contributed by atoms with Crippen LogP contribution in [0.25, 0.3) is 0 Å². The summed E-state index contributed by atoms with van der Waals surface area (Å²) in [6.45, 7) is 7.45. The zero-order valence-corrected chi connectivity index (χ0v) is 12.1. The fourth-order valence-corrected chi connectivity index (χ4v) is 4.19. The van der Waals surface area contributed by atoms with Gasteiger partial charge >= 0.3 is 0 Å². The Kier molecular flexibility index (Phi) is 6.16. The van der Waals surface area contributed by atoms with Gasteiger partial charge in [0.05, 0.1) is 0 Å². The fraction of sp³-hybridized carbons (Fsp3) is 1.00. The van der Waals surface area contributed by atoms with Crippen LogP contribution in [-0.2, 0) is 0 Å². The Labute approximate surface area is 111 Å². The highest BCUT2D eigenvalue weighted by atomic mass is 32.2. The maximum absolute atomic E-state index is 3.81. The molecule has 2 saturated heterocycles. The summed E-state index contributed by atoms with van der Waals surface area (Å²) in [5.74, 6) is 1.39. The second kappa shape index (κ2) is 7.65. The van der Waals surface area contributed by atoms with Crippen molar-refractivity contribution in [2.45, 2.75) is 56.7 Å². The van der Waals surface area contributed by atoms with Crippen LogP contribution in [0.1, 0.15) is 45.4 Å². The van der Waals surface area contributed by atoms with Gasteiger partial charge in [-0.3, -0.25) is 0 Å². The van der Waals surface area contributed by atoms with Crippen LogP contribution in [0.5, 0.6) is 0 Å². The van der Waals surface area contributed by atoms with E-state index in [2.05, 4.69) is 28.9 Å². The van der Waals surface area contributed by atoms with Crippen molar-refractivity contribution in [2.75, 3.05) is 31.9 Å². The molecule has 2 aliphatic rings. The number of likely N-dealkylation sites (tertiary alicyclic amines) is 1. The molecular formula is C14H28N2S. The number of thioether (sulfide) groups is 1. The van der Waals surface area contributed by atoms with E-state index in [-0.39, 0.29) is 0 Å². The molecule has 0 aromatic heterocycles. The first-order valence-electron chi connectivity index (χ1n) is 7.46. The summed E-state index contributed by atoms with van der Waals surface area (Å²) in [5, 5.41) is 4.71. The standard InChI is InChI=1S/C14H28N2S/c1-2-8-16-9-6-13(7-10-16)15-12-14-5-3-4-11-17-14/h13-15H,2-12H2,1H3. The minimum absolute atomic E-state index is 0.797. The van der Waals surface area contributed by atoms with Gasteiger partial charge in [-0.15, -0.1) is 0 Å². The van der Waals surface area contributed by atoms with E-state index in [1.54, 1.807) is 0 Å². The van der Waals surface area contributed by atoms with E-state index in [1.165, 1.54) is 70.5 Å². The molecule has 1 N–H and O–H groups in total. The Bertz CT molecular complexity index is 196. The highest BCUT2D eigenvalue weighted by Crippen LogP contribution is 2.24. The Hall–Kier alpha value is 0.270. The summed E-state index contributed by atoms with van der Waals surface area (Å²) in [7, 11) is 0. The van der Waals surface area contributed by atoms with E-state index >= 15 is 0 Å². The van der Waals surface area contributed by atoms with Crippen LogP contribution < -0.4 is 5.32 Å². The predicted molar refractivity (Wildman–Crippen MR) is 77.9 cm³/mol. The fourth-order valence-electron chi connectivity index (χ4n) is 2.94. The Morgan fingerprint density at radius 3 is 2.65 bits per heavy atom. The summed E-state index contributed by atoms with van der Waals surface area (Å²) < 4.78 is 0. The van der Waals surface area contributed by atoms with Crippen LogP contribution in [0.2, 0.25) is 0 Å². The van der Waals surface area contributed by atoms with Crippen molar-refractivity contribution >= 4 is 11.8 Å². The van der Waals surface area contributed by atoms with E-state index in [9.17, 15) is 0 Å². The molecule has 0 aromatic rings. The molecule has 1 atom stereocenters. The molecule has 0 saturated carbocycles. The molecule has 0 amide bonds. The molecule has 0 bridgehead atoms. The normalized spacial score (nSPS) is 28.4. The minimum atomic E-state index is 0.797. The van der Waals surface area contributed by atoms with E-state index in [1.807, 2.05) is 0 Å². The minimum Gasteiger partial charge on any atom is -0.313 e. The van der Waals surface area contributed by atoms with E-state index in [4.69, 9.17) is 0 Å². The van der Waals surface area contributed by atoms with Crippen LogP contribution in [0.15, 0.2) is 0 Å². The van der Waals surface area contributed by atoms with E-state index in [0.717, 1.165) is 11.3 Å². The zero-order valence-electron chi connectivity index (χ0n) is 11.3. The number of hydrogen-bond acceptors (Lipinski definition) is 3. The second-order valence-corrected chi connectivity index (χ2v) is 6.92. The van der Waals surface area contributed by atoms with Gasteiger partial charge in [0.15, 0.2) is 0 Å². The van der Waals surface area contributed by atoms with Crippen molar-refractivity contribution in [3.8, 4) is 0 Å². The first-order chi connectivity index (χ1) is 8.38. The maximum Gasteiger partial charge on any atom is 0.0172 e. The van der Waals surface area contributed by atoms with Gasteiger partial charge in [-0.2, -0.15) is 11.8 Å². The number of hydrogen-bond donors (Lipinski definition) is 1. The van der Waals surface area contributed by atoms with Gasteiger partial charge in [0.25, 0.3) is 0 Å². The lowest BCUT2D eigenvalue weighted by Crippen LogP contribution is -2.44. The number of nitrogens with one attached hydrogen (secondary N) is 1. The lowest BCUT2D eigenvalue weighted by Gasteiger charge is -2.33. The number of nitrogens with zero attached hydrogens (tertiary/aromatic N) is 1. The SMILES string of the molecule is CCCN1CCC(NCC2CCCCS2)CC1. The van der Waals surface area contributed by atoms with Gasteiger partial charge in [0, 0.05) is 17.8 Å². The van der Waals surface area contributed by atoms with Crippen molar-refractivity contribution in [3.63, 3.8) is 0 Å². The summed E-state index contributed by atoms with van der Waals surface area (Å²) in [6.07, 6.45) is 8.35. The summed E-state index contributed by atoms with van der Waals surface area (Å²) >= 11 is 2.19. The van der Waals surface area contributed by atoms with Gasteiger partial charge in [0.2, 0.25) is 0 Å². The Morgan fingerprint density at radius 1 is 1.18 bits per heavy atom. The molecule has 17 heavy (non-hydrogen) atoms. The maximum atomic E-state index is 3.81. The first-order valence-corrected chi connectivity index (χ1v) is 8.50. The van der Waals surface area contributed by atoms with Crippen LogP contribution in [0.4, 0.5) is 0 Å². The molecule has 2 aliphatic heterocycles. The van der Waals surface area contributed by atoms with E-state index < -0.39 is 0 Å². The highest BCUT2D eigenvalue weighted by molar-refractivity contribution is 7.99. The molecule has 3 heteroatoms. The number of rotatable bonds is 5. The second-order valence-electron chi connectivity index (χ2n) is 5.51. The monoisotopic (exact) mass is 256 g/mol. The molecule has 0 aliphatic carbocycles. The molecule has 2 heterocycles. The Morgan fingerprint density at radius 2 is 2.00 bits per heavy atom. The van der Waals surface area contributed by atoms with Crippen LogP contribution in [-0.4, -0.2) is 48.1 Å². The molecule has 2 rings (SSSR count). The lowest BCUT2D eigenvalue weighted by molar-refractivity contribution is 0.198. The first kappa shape index (κ1) is 13.7. The van der Waals surface area contributed by atoms with Crippen LogP contribution in [0, 0.1) is 0 Å². The summed E-state index contributed by atoms with van der Waals surface area (Å²) in [4.78, 5) is 2.62. The molecule has 2 fully saturated rings. The zero-order chi connectivity index (χ0) is 11.9. The van der Waals surface area contributed by atoms with Crippen molar-refractivity contribution < 1.29 is 0 Å². The van der Waals surface area contributed by atoms with Gasteiger partial charge in [-0.05, 0) is 57.5 Å². The van der Waals surface area contributed by atoms with Gasteiger partial charge < -0.3 is 10.2 Å². The summed E-state index contributed by atoms with van der Waals surface area (Å²) in [6, 6.07) is 0.797. The average Bonchev–Trinajstić information content (AvgIpc) is 2.40. The molecule has 1 unspecified atom stereocenters. The highest BCUT2D eigenvalue weighted by Gasteiger charge is 2.20. The quantitative estimate of drug-likeness (QED) is 0.814. The van der Waals surface area contributed by atoms with E-state index in [0.29, 0.717) is 0 Å². The third-order valence-corrected chi connectivity index (χ3v) is 5.43. The molecule has 0 aromatic carbocycles. The van der Waals surface area contributed by atoms with Crippen LogP contribution >= 0.6 is 11.8 Å². The van der Waals surface area contributed by atoms with Gasteiger partial charge in [-0.25, -0.2) is 0 Å². The predicted octanol–water partition coefficient (Wildman–Crippen LogP) is 2.74. The van der Waals surface area contributed by atoms with Crippen molar-refractivity contribution in [3.05, 3.63) is 0 Å². The van der Waals surface area contributed by atoms with Crippen molar-refractivity contribution in [1.29, 1.82) is 0 Å². The smallest absolute Gasteiger partial charge is 0.0172 e. The average molecular weight is 256 g/mol. The third-order valence-electron chi connectivity index (χ3n) is 4.04. The van der Waals surface area contributed by atoms with Crippen molar-refractivity contribution in [1.82, 2.24) is 10.2 Å². The van der Waals surface area contributed by atoms with Gasteiger partial charge in [-0.1, -0.05) is 13.3 Å². The largest absolute Gasteiger partial charge is 0.313 e. The lowest BCUT2D eigenvalue weighted by atomic mass is 10.0. The van der Waals surface area contributed by atoms with Gasteiger partial charge in [0.1, 0.15) is 0 Å². The topological polar surface area (TPSA) is 15.3 Å². The third kappa shape index (κ3) is 4.80. The molecule has 100 valence electrons. The molecule has 0 radical (unpaired) electrons. The van der Waals surface area contributed by atoms with Crippen LogP contribution in [0.3, 0.4) is 0 Å². The molecule has 0 spiro atoms. The molecule has 2 nitrogen and oxygen atoms in total.